The van der Waals surface area contributed by atoms with Crippen molar-refractivity contribution >= 4 is 76.8 Å². The van der Waals surface area contributed by atoms with E-state index in [4.69, 9.17) is 26.6 Å². The van der Waals surface area contributed by atoms with Gasteiger partial charge in [-0.05, 0) is 12.8 Å². The molecule has 2 aromatic rings. The van der Waals surface area contributed by atoms with Gasteiger partial charge in [-0.15, -0.1) is 4.39 Å². The van der Waals surface area contributed by atoms with Gasteiger partial charge in [0.25, 0.3) is 0 Å². The second-order valence-corrected chi connectivity index (χ2v) is 43.0. The maximum Gasteiger partial charge on any atom is 0.500 e. The molecule has 0 radical (unpaired) electrons. The molecule has 308 valence electrons. The molecule has 2 aromatic carbocycles. The average molecular weight is 857 g/mol. The zero-order valence-corrected chi connectivity index (χ0v) is 42.3. The molecule has 0 fully saturated rings. The summed E-state index contributed by atoms with van der Waals surface area (Å²) in [5.74, 6) is 0. The quantitative estimate of drug-likeness (QED) is 0.0545. The first-order valence-electron chi connectivity index (χ1n) is 19.7. The van der Waals surface area contributed by atoms with Crippen LogP contribution in [0.4, 0.5) is 9.18 Å². The van der Waals surface area contributed by atoms with Crippen LogP contribution in [0.2, 0.25) is 88.6 Å². The first-order chi connectivity index (χ1) is 25.2. The van der Waals surface area contributed by atoms with Gasteiger partial charge >= 0.3 is 23.8 Å². The molecule has 0 bridgehead atoms. The van der Waals surface area contributed by atoms with Gasteiger partial charge in [-0.1, -0.05) is 159 Å². The third-order valence-corrected chi connectivity index (χ3v) is 31.7. The van der Waals surface area contributed by atoms with Crippen molar-refractivity contribution in [1.29, 1.82) is 0 Å². The maximum atomic E-state index is 14.3. The molecule has 2 rings (SSSR count). The summed E-state index contributed by atoms with van der Waals surface area (Å²) in [6.45, 7) is 20.2. The molecule has 0 aliphatic heterocycles. The van der Waals surface area contributed by atoms with Crippen LogP contribution in [0, 0.1) is 0 Å². The standard InChI is InChI=1S/C39H74FNO7Si6/c1-43-53(44-2,45-3)33-17-31-51(11,12)37-23-19-35(20-24-37)49(7,8)29-15-27-41(39(40)42)28-16-30-50(9,10)36-21-25-38(26-22-36)52(13,14)32-18-34-54(46-4,47-5)48-6/h19-26H,15-18,27-34H2,1-14H3. The molecule has 8 nitrogen and oxygen atoms in total. The molecule has 0 aliphatic rings. The topological polar surface area (TPSA) is 75.7 Å². The highest BCUT2D eigenvalue weighted by Gasteiger charge is 2.39. The number of benzene rings is 2. The molecule has 1 amide bonds. The first kappa shape index (κ1) is 49.0. The molecule has 15 heteroatoms. The Kier molecular flexibility index (Phi) is 19.6. The monoisotopic (exact) mass is 855 g/mol. The molecule has 0 N–H and O–H groups in total. The minimum absolute atomic E-state index is 0.470. The van der Waals surface area contributed by atoms with E-state index in [1.165, 1.54) is 25.6 Å². The van der Waals surface area contributed by atoms with Crippen molar-refractivity contribution in [2.45, 2.75) is 114 Å². The zero-order chi connectivity index (χ0) is 40.8. The molecular weight excluding hydrogens is 782 g/mol. The van der Waals surface area contributed by atoms with Crippen molar-refractivity contribution in [2.75, 3.05) is 55.7 Å². The lowest BCUT2D eigenvalue weighted by Gasteiger charge is -2.29. The van der Waals surface area contributed by atoms with Crippen LogP contribution in [0.15, 0.2) is 48.5 Å². The van der Waals surface area contributed by atoms with Gasteiger partial charge in [0, 0.05) is 67.8 Å². The lowest BCUT2D eigenvalue weighted by atomic mass is 10.3. The van der Waals surface area contributed by atoms with E-state index < -0.39 is 56.1 Å². The molecule has 0 aromatic heterocycles. The van der Waals surface area contributed by atoms with Gasteiger partial charge in [-0.3, -0.25) is 0 Å². The highest BCUT2D eigenvalue weighted by molar-refractivity contribution is 6.92. The third-order valence-electron chi connectivity index (χ3n) is 12.0. The lowest BCUT2D eigenvalue weighted by molar-refractivity contribution is 0.123. The molecule has 0 aliphatic carbocycles. The van der Waals surface area contributed by atoms with E-state index in [1.54, 1.807) is 42.7 Å². The fourth-order valence-corrected chi connectivity index (χ4v) is 21.4. The Morgan fingerprint density at radius 1 is 0.444 bits per heavy atom. The number of hydrogen-bond acceptors (Lipinski definition) is 7. The number of carbonyl (C=O) groups is 1. The summed E-state index contributed by atoms with van der Waals surface area (Å²) in [4.78, 5) is 13.5. The largest absolute Gasteiger partial charge is 0.500 e. The summed E-state index contributed by atoms with van der Waals surface area (Å²) in [6.07, 6.45) is 2.36. The number of halogens is 1. The van der Waals surface area contributed by atoms with Crippen LogP contribution >= 0.6 is 0 Å². The highest BCUT2D eigenvalue weighted by Crippen LogP contribution is 2.24. The summed E-state index contributed by atoms with van der Waals surface area (Å²) < 4.78 is 48.0. The van der Waals surface area contributed by atoms with E-state index in [0.29, 0.717) is 13.1 Å². The van der Waals surface area contributed by atoms with Gasteiger partial charge in [0.15, 0.2) is 0 Å². The summed E-state index contributed by atoms with van der Waals surface area (Å²) in [7, 11) is -1.87. The predicted molar refractivity (Wildman–Crippen MR) is 240 cm³/mol. The third kappa shape index (κ3) is 14.1. The fraction of sp³-hybridized carbons (Fsp3) is 0.667. The molecule has 0 unspecified atom stereocenters. The van der Waals surface area contributed by atoms with Gasteiger partial charge in [-0.25, -0.2) is 4.79 Å². The molecule has 54 heavy (non-hydrogen) atoms. The van der Waals surface area contributed by atoms with E-state index in [2.05, 4.69) is 101 Å². The molecule has 0 spiro atoms. The molecule has 0 heterocycles. The Morgan fingerprint density at radius 2 is 0.667 bits per heavy atom. The second kappa shape index (κ2) is 21.6. The van der Waals surface area contributed by atoms with E-state index in [-0.39, 0.29) is 0 Å². The van der Waals surface area contributed by atoms with E-state index >= 15 is 0 Å². The van der Waals surface area contributed by atoms with E-state index in [0.717, 1.165) is 61.9 Å². The number of nitrogens with zero attached hydrogens (tertiary/aromatic N) is 1. The van der Waals surface area contributed by atoms with Crippen LogP contribution in [0.5, 0.6) is 0 Å². The Morgan fingerprint density at radius 3 is 0.870 bits per heavy atom. The maximum absolute atomic E-state index is 14.3. The van der Waals surface area contributed by atoms with Crippen molar-refractivity contribution in [3.63, 3.8) is 0 Å². The van der Waals surface area contributed by atoms with Gasteiger partial charge in [0.2, 0.25) is 0 Å². The van der Waals surface area contributed by atoms with Gasteiger partial charge in [0.05, 0.1) is 32.3 Å². The smallest absolute Gasteiger partial charge is 0.377 e. The Bertz CT molecular complexity index is 1290. The first-order valence-corrected chi connectivity index (χ1v) is 36.4. The molecule has 0 atom stereocenters. The average Bonchev–Trinajstić information content (AvgIpc) is 3.15. The van der Waals surface area contributed by atoms with Crippen molar-refractivity contribution in [3.05, 3.63) is 48.5 Å². The summed E-state index contributed by atoms with van der Waals surface area (Å²) in [5.41, 5.74) is 0. The highest BCUT2D eigenvalue weighted by atomic mass is 28.4. The number of hydrogen-bond donors (Lipinski definition) is 0. The van der Waals surface area contributed by atoms with Gasteiger partial charge in [0.1, 0.15) is 0 Å². The van der Waals surface area contributed by atoms with Crippen molar-refractivity contribution in [1.82, 2.24) is 4.90 Å². The van der Waals surface area contributed by atoms with Crippen molar-refractivity contribution in [3.8, 4) is 0 Å². The van der Waals surface area contributed by atoms with Crippen LogP contribution < -0.4 is 20.7 Å². The van der Waals surface area contributed by atoms with Gasteiger partial charge in [-0.2, -0.15) is 0 Å². The SMILES string of the molecule is CO[Si](CCC[Si](C)(C)c1ccc([Si](C)(C)CCCN(CCC[Si](C)(C)c2ccc([Si](C)(C)CCC[Si](OC)(OC)OC)cc2)C(=O)F)cc1)(OC)OC. The van der Waals surface area contributed by atoms with E-state index in [9.17, 15) is 9.18 Å². The van der Waals surface area contributed by atoms with Crippen LogP contribution in [0.3, 0.4) is 0 Å². The van der Waals surface area contributed by atoms with Crippen molar-refractivity contribution < 1.29 is 35.7 Å². The van der Waals surface area contributed by atoms with Crippen LogP contribution in [0.25, 0.3) is 0 Å². The predicted octanol–water partition coefficient (Wildman–Crippen LogP) is 7.76. The molecule has 0 saturated carbocycles. The Hall–Kier alpha value is -1.10. The van der Waals surface area contributed by atoms with Crippen LogP contribution in [0.1, 0.15) is 25.7 Å². The Labute approximate surface area is 334 Å². The summed E-state index contributed by atoms with van der Waals surface area (Å²) in [5, 5.41) is 5.73. The van der Waals surface area contributed by atoms with Crippen molar-refractivity contribution in [2.24, 2.45) is 0 Å². The number of rotatable bonds is 26. The fourth-order valence-electron chi connectivity index (χ4n) is 7.64. The number of carbonyl (C=O) groups excluding carboxylic acids is 1. The van der Waals surface area contributed by atoms with E-state index in [1.807, 2.05) is 0 Å². The zero-order valence-electron chi connectivity index (χ0n) is 36.3. The Balaban J connectivity index is 1.91. The van der Waals surface area contributed by atoms with Crippen LogP contribution in [-0.2, 0) is 26.6 Å². The normalized spacial score (nSPS) is 13.4. The second-order valence-electron chi connectivity index (χ2n) is 17.4. The number of amides is 1. The minimum Gasteiger partial charge on any atom is -0.377 e. The minimum atomic E-state index is -2.55. The lowest BCUT2D eigenvalue weighted by Crippen LogP contribution is -2.46. The molecular formula is C39H74FNO7Si6. The van der Waals surface area contributed by atoms with Crippen LogP contribution in [-0.4, -0.2) is 117 Å². The molecule has 0 saturated heterocycles. The summed E-state index contributed by atoms with van der Waals surface area (Å²) >= 11 is 0. The summed E-state index contributed by atoms with van der Waals surface area (Å²) in [6, 6.07) is 24.6. The van der Waals surface area contributed by atoms with Gasteiger partial charge < -0.3 is 31.5 Å².